The van der Waals surface area contributed by atoms with Gasteiger partial charge in [-0.15, -0.1) is 5.10 Å². The standard InChI is InChI=1S/C17H25N7O/c1-3-7-22-8-4-9-23(11-10-22)17(25)19-15-6-5-14(2)16(12-15)24-13-18-20-21-24/h5-6,12-13H,3-4,7-11H2,1-2H3,(H,19,25). The van der Waals surface area contributed by atoms with Crippen LogP contribution in [0.25, 0.3) is 5.69 Å². The Morgan fingerprint density at radius 1 is 1.24 bits per heavy atom. The van der Waals surface area contributed by atoms with E-state index < -0.39 is 0 Å². The van der Waals surface area contributed by atoms with E-state index in [1.54, 1.807) is 11.0 Å². The SMILES string of the molecule is CCCN1CCCN(C(=O)Nc2ccc(C)c(-n3cnnn3)c2)CC1. The second-order valence-corrected chi connectivity index (χ2v) is 6.37. The fourth-order valence-corrected chi connectivity index (χ4v) is 3.12. The van der Waals surface area contributed by atoms with Crippen LogP contribution < -0.4 is 5.32 Å². The number of tetrazole rings is 1. The first-order valence-electron chi connectivity index (χ1n) is 8.79. The largest absolute Gasteiger partial charge is 0.323 e. The summed E-state index contributed by atoms with van der Waals surface area (Å²) >= 11 is 0. The fraction of sp³-hybridized carbons (Fsp3) is 0.529. The molecule has 1 fully saturated rings. The number of urea groups is 1. The van der Waals surface area contributed by atoms with Crippen molar-refractivity contribution in [3.8, 4) is 5.69 Å². The molecule has 1 saturated heterocycles. The number of hydrogen-bond acceptors (Lipinski definition) is 5. The first kappa shape index (κ1) is 17.3. The Bertz CT molecular complexity index is 701. The first-order chi connectivity index (χ1) is 12.2. The number of amides is 2. The predicted molar refractivity (Wildman–Crippen MR) is 95.8 cm³/mol. The molecule has 8 heteroatoms. The van der Waals surface area contributed by atoms with E-state index in [-0.39, 0.29) is 6.03 Å². The predicted octanol–water partition coefficient (Wildman–Crippen LogP) is 1.92. The Morgan fingerprint density at radius 2 is 2.12 bits per heavy atom. The van der Waals surface area contributed by atoms with E-state index in [9.17, 15) is 4.79 Å². The molecule has 134 valence electrons. The summed E-state index contributed by atoms with van der Waals surface area (Å²) in [6, 6.07) is 5.70. The number of anilines is 1. The van der Waals surface area contributed by atoms with Crippen LogP contribution in [0.15, 0.2) is 24.5 Å². The molecule has 1 aliphatic rings. The van der Waals surface area contributed by atoms with Crippen molar-refractivity contribution in [1.82, 2.24) is 30.0 Å². The molecule has 0 saturated carbocycles. The second-order valence-electron chi connectivity index (χ2n) is 6.37. The summed E-state index contributed by atoms with van der Waals surface area (Å²) in [5.41, 5.74) is 2.64. The van der Waals surface area contributed by atoms with Gasteiger partial charge in [-0.1, -0.05) is 13.0 Å². The van der Waals surface area contributed by atoms with Crippen LogP contribution in [0, 0.1) is 6.92 Å². The zero-order chi connectivity index (χ0) is 17.6. The van der Waals surface area contributed by atoms with Crippen LogP contribution in [0.3, 0.4) is 0 Å². The molecule has 0 aliphatic carbocycles. The molecular weight excluding hydrogens is 318 g/mol. The molecule has 8 nitrogen and oxygen atoms in total. The van der Waals surface area contributed by atoms with Gasteiger partial charge >= 0.3 is 6.03 Å². The van der Waals surface area contributed by atoms with Gasteiger partial charge in [0.25, 0.3) is 0 Å². The fourth-order valence-electron chi connectivity index (χ4n) is 3.12. The zero-order valence-electron chi connectivity index (χ0n) is 14.9. The van der Waals surface area contributed by atoms with E-state index in [0.29, 0.717) is 0 Å². The zero-order valence-corrected chi connectivity index (χ0v) is 14.9. The smallest absolute Gasteiger partial charge is 0.321 e. The third kappa shape index (κ3) is 4.33. The average Bonchev–Trinajstić information content (AvgIpc) is 3.03. The van der Waals surface area contributed by atoms with Gasteiger partial charge < -0.3 is 15.1 Å². The molecule has 1 aliphatic heterocycles. The van der Waals surface area contributed by atoms with Crippen molar-refractivity contribution in [3.05, 3.63) is 30.1 Å². The third-order valence-corrected chi connectivity index (χ3v) is 4.47. The molecule has 25 heavy (non-hydrogen) atoms. The van der Waals surface area contributed by atoms with Crippen molar-refractivity contribution >= 4 is 11.7 Å². The normalized spacial score (nSPS) is 15.8. The van der Waals surface area contributed by atoms with Gasteiger partial charge in [0, 0.05) is 25.3 Å². The van der Waals surface area contributed by atoms with Crippen molar-refractivity contribution in [2.75, 3.05) is 38.0 Å². The lowest BCUT2D eigenvalue weighted by Gasteiger charge is -2.22. The number of carbonyl (C=O) groups is 1. The lowest BCUT2D eigenvalue weighted by atomic mass is 10.2. The van der Waals surface area contributed by atoms with Gasteiger partial charge in [-0.05, 0) is 61.0 Å². The number of nitrogens with zero attached hydrogens (tertiary/aromatic N) is 6. The molecule has 1 aromatic carbocycles. The average molecular weight is 343 g/mol. The summed E-state index contributed by atoms with van der Waals surface area (Å²) in [4.78, 5) is 16.9. The van der Waals surface area contributed by atoms with Crippen LogP contribution in [0.2, 0.25) is 0 Å². The number of hydrogen-bond donors (Lipinski definition) is 1. The summed E-state index contributed by atoms with van der Waals surface area (Å²) in [7, 11) is 0. The molecule has 0 spiro atoms. The Hall–Kier alpha value is -2.48. The van der Waals surface area contributed by atoms with Crippen LogP contribution in [0.1, 0.15) is 25.3 Å². The highest BCUT2D eigenvalue weighted by molar-refractivity contribution is 5.89. The minimum Gasteiger partial charge on any atom is -0.323 e. The molecule has 0 bridgehead atoms. The summed E-state index contributed by atoms with van der Waals surface area (Å²) in [5, 5.41) is 14.3. The number of aromatic nitrogens is 4. The first-order valence-corrected chi connectivity index (χ1v) is 8.79. The van der Waals surface area contributed by atoms with Crippen LogP contribution in [-0.2, 0) is 0 Å². The maximum Gasteiger partial charge on any atom is 0.321 e. The second kappa shape index (κ2) is 8.06. The lowest BCUT2D eigenvalue weighted by molar-refractivity contribution is 0.211. The molecule has 1 N–H and O–H groups in total. The molecule has 0 unspecified atom stereocenters. The summed E-state index contributed by atoms with van der Waals surface area (Å²) < 4.78 is 1.60. The summed E-state index contributed by atoms with van der Waals surface area (Å²) in [6.45, 7) is 8.82. The van der Waals surface area contributed by atoms with Gasteiger partial charge in [-0.25, -0.2) is 9.48 Å². The number of rotatable bonds is 4. The van der Waals surface area contributed by atoms with Gasteiger partial charge in [0.15, 0.2) is 0 Å². The molecular formula is C17H25N7O. The number of carbonyl (C=O) groups excluding carboxylic acids is 1. The highest BCUT2D eigenvalue weighted by Crippen LogP contribution is 2.19. The number of aryl methyl sites for hydroxylation is 1. The molecule has 2 heterocycles. The summed E-state index contributed by atoms with van der Waals surface area (Å²) in [6.07, 6.45) is 3.71. The van der Waals surface area contributed by atoms with Crippen molar-refractivity contribution in [2.45, 2.75) is 26.7 Å². The molecule has 2 aromatic rings. The maximum absolute atomic E-state index is 12.6. The minimum atomic E-state index is -0.0510. The Labute approximate surface area is 147 Å². The van der Waals surface area contributed by atoms with Gasteiger partial charge in [-0.3, -0.25) is 0 Å². The van der Waals surface area contributed by atoms with E-state index in [0.717, 1.165) is 62.5 Å². The molecule has 3 rings (SSSR count). The van der Waals surface area contributed by atoms with Crippen LogP contribution in [0.4, 0.5) is 10.5 Å². The quantitative estimate of drug-likeness (QED) is 0.917. The Morgan fingerprint density at radius 3 is 2.88 bits per heavy atom. The van der Waals surface area contributed by atoms with Crippen LogP contribution in [0.5, 0.6) is 0 Å². The van der Waals surface area contributed by atoms with Gasteiger partial charge in [0.1, 0.15) is 6.33 Å². The highest BCUT2D eigenvalue weighted by Gasteiger charge is 2.19. The van der Waals surface area contributed by atoms with Crippen LogP contribution in [-0.4, -0.2) is 68.8 Å². The van der Waals surface area contributed by atoms with Crippen LogP contribution >= 0.6 is 0 Å². The van der Waals surface area contributed by atoms with E-state index in [2.05, 4.69) is 32.7 Å². The molecule has 1 aromatic heterocycles. The van der Waals surface area contributed by atoms with E-state index in [1.165, 1.54) is 0 Å². The topological polar surface area (TPSA) is 79.2 Å². The molecule has 2 amide bonds. The molecule has 0 atom stereocenters. The van der Waals surface area contributed by atoms with E-state index in [1.807, 2.05) is 30.0 Å². The Kier molecular flexibility index (Phi) is 5.60. The van der Waals surface area contributed by atoms with Crippen molar-refractivity contribution < 1.29 is 4.79 Å². The Balaban J connectivity index is 1.66. The van der Waals surface area contributed by atoms with E-state index >= 15 is 0 Å². The third-order valence-electron chi connectivity index (χ3n) is 4.47. The number of benzene rings is 1. The van der Waals surface area contributed by atoms with Crippen molar-refractivity contribution in [2.24, 2.45) is 0 Å². The van der Waals surface area contributed by atoms with Gasteiger partial charge in [0.2, 0.25) is 0 Å². The summed E-state index contributed by atoms with van der Waals surface area (Å²) in [5.74, 6) is 0. The lowest BCUT2D eigenvalue weighted by Crippen LogP contribution is -2.38. The highest BCUT2D eigenvalue weighted by atomic mass is 16.2. The van der Waals surface area contributed by atoms with Gasteiger partial charge in [0.05, 0.1) is 5.69 Å². The van der Waals surface area contributed by atoms with Gasteiger partial charge in [-0.2, -0.15) is 0 Å². The minimum absolute atomic E-state index is 0.0510. The maximum atomic E-state index is 12.6. The monoisotopic (exact) mass is 343 g/mol. The number of nitrogens with one attached hydrogen (secondary N) is 1. The molecule has 0 radical (unpaired) electrons. The van der Waals surface area contributed by atoms with E-state index in [4.69, 9.17) is 0 Å². The van der Waals surface area contributed by atoms with Crippen molar-refractivity contribution in [1.29, 1.82) is 0 Å². The van der Waals surface area contributed by atoms with Crippen molar-refractivity contribution in [3.63, 3.8) is 0 Å².